The molecule has 2 aromatic carbocycles. The number of benzene rings is 2. The predicted octanol–water partition coefficient (Wildman–Crippen LogP) is 3.45. The number of methoxy groups -OCH3 is 1. The van der Waals surface area contributed by atoms with Gasteiger partial charge < -0.3 is 14.8 Å². The highest BCUT2D eigenvalue weighted by Crippen LogP contribution is 2.21. The summed E-state index contributed by atoms with van der Waals surface area (Å²) in [5.74, 6) is -0.0950. The molecule has 0 unspecified atom stereocenters. The van der Waals surface area contributed by atoms with Gasteiger partial charge in [0.15, 0.2) is 0 Å². The van der Waals surface area contributed by atoms with Crippen molar-refractivity contribution in [3.63, 3.8) is 0 Å². The summed E-state index contributed by atoms with van der Waals surface area (Å²) in [5, 5.41) is 2.99. The van der Waals surface area contributed by atoms with Gasteiger partial charge in [0.1, 0.15) is 6.10 Å². The van der Waals surface area contributed by atoms with Gasteiger partial charge in [0, 0.05) is 12.7 Å². The predicted molar refractivity (Wildman–Crippen MR) is 98.7 cm³/mol. The fraction of sp³-hybridized carbons (Fsp3) is 0.381. The quantitative estimate of drug-likeness (QED) is 0.877. The molecule has 1 fully saturated rings. The van der Waals surface area contributed by atoms with E-state index < -0.39 is 0 Å². The lowest BCUT2D eigenvalue weighted by atomic mass is 10.0. The lowest BCUT2D eigenvalue weighted by Gasteiger charge is -2.17. The highest BCUT2D eigenvalue weighted by molar-refractivity contribution is 5.95. The van der Waals surface area contributed by atoms with Crippen molar-refractivity contribution in [2.24, 2.45) is 0 Å². The third kappa shape index (κ3) is 4.27. The molecule has 4 heteroatoms. The van der Waals surface area contributed by atoms with E-state index in [-0.39, 0.29) is 18.1 Å². The zero-order chi connectivity index (χ0) is 17.6. The van der Waals surface area contributed by atoms with Crippen molar-refractivity contribution in [2.75, 3.05) is 20.3 Å². The molecule has 1 amide bonds. The van der Waals surface area contributed by atoms with E-state index in [1.807, 2.05) is 24.3 Å². The topological polar surface area (TPSA) is 47.6 Å². The van der Waals surface area contributed by atoms with Crippen molar-refractivity contribution < 1.29 is 14.3 Å². The molecule has 3 rings (SSSR count). The SMILES string of the molecule is CCCc1ccc(-c2ccc(C(=O)N[C@H]3COC[C@@H]3OC)cc2)cc1. The highest BCUT2D eigenvalue weighted by atomic mass is 16.5. The van der Waals surface area contributed by atoms with E-state index in [1.165, 1.54) is 5.56 Å². The lowest BCUT2D eigenvalue weighted by molar-refractivity contribution is 0.0685. The Bertz CT molecular complexity index is 694. The van der Waals surface area contributed by atoms with Crippen LogP contribution in [-0.2, 0) is 15.9 Å². The molecule has 0 aromatic heterocycles. The number of ether oxygens (including phenoxy) is 2. The summed E-state index contributed by atoms with van der Waals surface area (Å²) in [4.78, 5) is 12.4. The zero-order valence-electron chi connectivity index (χ0n) is 14.8. The maximum Gasteiger partial charge on any atom is 0.251 e. The van der Waals surface area contributed by atoms with E-state index in [2.05, 4.69) is 36.5 Å². The molecule has 2 aromatic rings. The van der Waals surface area contributed by atoms with Crippen LogP contribution in [0.1, 0.15) is 29.3 Å². The van der Waals surface area contributed by atoms with E-state index in [9.17, 15) is 4.79 Å². The molecule has 1 N–H and O–H groups in total. The van der Waals surface area contributed by atoms with Crippen molar-refractivity contribution in [3.8, 4) is 11.1 Å². The van der Waals surface area contributed by atoms with Gasteiger partial charge in [-0.2, -0.15) is 0 Å². The van der Waals surface area contributed by atoms with Crippen molar-refractivity contribution >= 4 is 5.91 Å². The number of aryl methyl sites for hydroxylation is 1. The fourth-order valence-corrected chi connectivity index (χ4v) is 3.12. The van der Waals surface area contributed by atoms with Crippen LogP contribution < -0.4 is 5.32 Å². The number of hydrogen-bond donors (Lipinski definition) is 1. The second-order valence-electron chi connectivity index (χ2n) is 6.42. The molecule has 4 nitrogen and oxygen atoms in total. The number of carbonyl (C=O) groups excluding carboxylic acids is 1. The van der Waals surface area contributed by atoms with Gasteiger partial charge in [-0.05, 0) is 35.2 Å². The molecule has 1 aliphatic heterocycles. The molecule has 1 aliphatic rings. The molecule has 132 valence electrons. The molecule has 0 spiro atoms. The number of hydrogen-bond acceptors (Lipinski definition) is 3. The van der Waals surface area contributed by atoms with E-state index >= 15 is 0 Å². The van der Waals surface area contributed by atoms with E-state index in [4.69, 9.17) is 9.47 Å². The van der Waals surface area contributed by atoms with Crippen LogP contribution in [0.25, 0.3) is 11.1 Å². The Labute approximate surface area is 149 Å². The van der Waals surface area contributed by atoms with Crippen molar-refractivity contribution in [2.45, 2.75) is 31.9 Å². The Morgan fingerprint density at radius 2 is 1.72 bits per heavy atom. The van der Waals surface area contributed by atoms with E-state index in [1.54, 1.807) is 7.11 Å². The van der Waals surface area contributed by atoms with Crippen LogP contribution in [0.5, 0.6) is 0 Å². The van der Waals surface area contributed by atoms with Crippen LogP contribution in [0.2, 0.25) is 0 Å². The van der Waals surface area contributed by atoms with E-state index in [0.717, 1.165) is 24.0 Å². The van der Waals surface area contributed by atoms with Crippen LogP contribution >= 0.6 is 0 Å². The zero-order valence-corrected chi connectivity index (χ0v) is 14.8. The van der Waals surface area contributed by atoms with Crippen LogP contribution in [0.15, 0.2) is 48.5 Å². The van der Waals surface area contributed by atoms with Crippen molar-refractivity contribution in [1.82, 2.24) is 5.32 Å². The van der Waals surface area contributed by atoms with Crippen LogP contribution in [-0.4, -0.2) is 38.4 Å². The van der Waals surface area contributed by atoms with Crippen LogP contribution in [0.4, 0.5) is 0 Å². The first-order valence-electron chi connectivity index (χ1n) is 8.82. The molecule has 0 aliphatic carbocycles. The molecule has 25 heavy (non-hydrogen) atoms. The second-order valence-corrected chi connectivity index (χ2v) is 6.42. The van der Waals surface area contributed by atoms with Crippen LogP contribution in [0, 0.1) is 0 Å². The largest absolute Gasteiger partial charge is 0.377 e. The van der Waals surface area contributed by atoms with Crippen LogP contribution in [0.3, 0.4) is 0 Å². The van der Waals surface area contributed by atoms with Crippen molar-refractivity contribution in [3.05, 3.63) is 59.7 Å². The molecule has 1 saturated heterocycles. The Morgan fingerprint density at radius 1 is 1.08 bits per heavy atom. The lowest BCUT2D eigenvalue weighted by Crippen LogP contribution is -2.43. The standard InChI is InChI=1S/C21H25NO3/c1-3-4-15-5-7-16(8-6-15)17-9-11-18(12-10-17)21(23)22-19-13-25-14-20(19)24-2/h5-12,19-20H,3-4,13-14H2,1-2H3,(H,22,23)/t19-,20-/m0/s1. The average molecular weight is 339 g/mol. The maximum absolute atomic E-state index is 12.4. The van der Waals surface area contributed by atoms with Gasteiger partial charge in [-0.3, -0.25) is 4.79 Å². The molecule has 0 saturated carbocycles. The summed E-state index contributed by atoms with van der Waals surface area (Å²) in [5.41, 5.74) is 4.27. The first-order valence-corrected chi connectivity index (χ1v) is 8.82. The monoisotopic (exact) mass is 339 g/mol. The smallest absolute Gasteiger partial charge is 0.251 e. The Hall–Kier alpha value is -2.17. The Morgan fingerprint density at radius 3 is 2.32 bits per heavy atom. The summed E-state index contributed by atoms with van der Waals surface area (Å²) in [6.45, 7) is 3.20. The van der Waals surface area contributed by atoms with Gasteiger partial charge in [0.2, 0.25) is 0 Å². The molecule has 0 radical (unpaired) electrons. The Balaban J connectivity index is 1.66. The van der Waals surface area contributed by atoms with Gasteiger partial charge in [-0.1, -0.05) is 49.7 Å². The third-order valence-electron chi connectivity index (χ3n) is 4.62. The number of nitrogens with one attached hydrogen (secondary N) is 1. The summed E-state index contributed by atoms with van der Waals surface area (Å²) in [7, 11) is 1.64. The molecule has 0 bridgehead atoms. The average Bonchev–Trinajstić information content (AvgIpc) is 3.10. The number of carbonyl (C=O) groups is 1. The second kappa shape index (κ2) is 8.28. The first kappa shape index (κ1) is 17.6. The van der Waals surface area contributed by atoms with Crippen molar-refractivity contribution in [1.29, 1.82) is 0 Å². The Kier molecular flexibility index (Phi) is 5.84. The van der Waals surface area contributed by atoms with Gasteiger partial charge in [0.25, 0.3) is 5.91 Å². The minimum atomic E-state index is -0.0950. The molecular weight excluding hydrogens is 314 g/mol. The minimum Gasteiger partial charge on any atom is -0.377 e. The van der Waals surface area contributed by atoms with E-state index in [0.29, 0.717) is 18.8 Å². The fourth-order valence-electron chi connectivity index (χ4n) is 3.12. The third-order valence-corrected chi connectivity index (χ3v) is 4.62. The summed E-state index contributed by atoms with van der Waals surface area (Å²) in [6.07, 6.45) is 2.18. The summed E-state index contributed by atoms with van der Waals surface area (Å²) in [6, 6.07) is 16.2. The summed E-state index contributed by atoms with van der Waals surface area (Å²) < 4.78 is 10.7. The highest BCUT2D eigenvalue weighted by Gasteiger charge is 2.29. The number of rotatable bonds is 6. The normalized spacial score (nSPS) is 19.8. The first-order chi connectivity index (χ1) is 12.2. The molecule has 2 atom stereocenters. The molecule has 1 heterocycles. The number of amides is 1. The van der Waals surface area contributed by atoms with Gasteiger partial charge in [-0.15, -0.1) is 0 Å². The minimum absolute atomic E-state index is 0.0788. The summed E-state index contributed by atoms with van der Waals surface area (Å²) >= 11 is 0. The van der Waals surface area contributed by atoms with Gasteiger partial charge in [-0.25, -0.2) is 0 Å². The maximum atomic E-state index is 12.4. The van der Waals surface area contributed by atoms with Gasteiger partial charge in [0.05, 0.1) is 19.3 Å². The van der Waals surface area contributed by atoms with Gasteiger partial charge >= 0.3 is 0 Å². The molecular formula is C21H25NO3.